The zero-order chi connectivity index (χ0) is 25.2. The zero-order valence-electron chi connectivity index (χ0n) is 19.5. The topological polar surface area (TPSA) is 114 Å². The SMILES string of the molecule is C=N/C=C\C(=C(\F)Cc1cnc(-c2ccnc(C)c2)c(C#N)c1)c1cc2cccnc2cn1.CN. The van der Waals surface area contributed by atoms with Crippen LogP contribution in [0.25, 0.3) is 27.7 Å². The minimum Gasteiger partial charge on any atom is -0.333 e. The van der Waals surface area contributed by atoms with Crippen LogP contribution in [0.5, 0.6) is 0 Å². The van der Waals surface area contributed by atoms with E-state index in [4.69, 9.17) is 0 Å². The maximum Gasteiger partial charge on any atom is 0.114 e. The second kappa shape index (κ2) is 12.0. The van der Waals surface area contributed by atoms with Gasteiger partial charge >= 0.3 is 0 Å². The van der Waals surface area contributed by atoms with E-state index in [1.54, 1.807) is 43.0 Å². The number of fused-ring (bicyclic) bond motifs is 1. The second-order valence-electron chi connectivity index (χ2n) is 7.30. The van der Waals surface area contributed by atoms with Gasteiger partial charge in [-0.3, -0.25) is 24.9 Å². The molecule has 174 valence electrons. The molecule has 0 aliphatic rings. The van der Waals surface area contributed by atoms with E-state index in [1.165, 1.54) is 19.3 Å². The fourth-order valence-corrected chi connectivity index (χ4v) is 3.45. The molecule has 0 bridgehead atoms. The minimum absolute atomic E-state index is 0.0547. The fourth-order valence-electron chi connectivity index (χ4n) is 3.45. The predicted molar refractivity (Wildman–Crippen MR) is 137 cm³/mol. The number of aliphatic imine (C=N–C) groups is 1. The van der Waals surface area contributed by atoms with Gasteiger partial charge in [-0.1, -0.05) is 6.07 Å². The van der Waals surface area contributed by atoms with E-state index in [2.05, 4.69) is 43.4 Å². The van der Waals surface area contributed by atoms with Gasteiger partial charge in [-0.05, 0) is 62.7 Å². The van der Waals surface area contributed by atoms with Crippen LogP contribution in [-0.2, 0) is 6.42 Å². The maximum atomic E-state index is 15.5. The molecular formula is C27H24FN7. The lowest BCUT2D eigenvalue weighted by Gasteiger charge is -2.09. The Labute approximate surface area is 203 Å². The van der Waals surface area contributed by atoms with Crippen molar-refractivity contribution in [3.63, 3.8) is 0 Å². The molecule has 8 heteroatoms. The van der Waals surface area contributed by atoms with Gasteiger partial charge in [-0.25, -0.2) is 4.39 Å². The third-order valence-electron chi connectivity index (χ3n) is 5.00. The number of nitrogens with two attached hydrogens (primary N) is 1. The molecule has 4 rings (SSSR count). The molecule has 0 saturated heterocycles. The summed E-state index contributed by atoms with van der Waals surface area (Å²) in [6.45, 7) is 5.29. The van der Waals surface area contributed by atoms with Gasteiger partial charge in [0, 0.05) is 53.4 Å². The number of allylic oxidation sites excluding steroid dienone is 3. The van der Waals surface area contributed by atoms with Crippen LogP contribution in [-0.4, -0.2) is 33.7 Å². The lowest BCUT2D eigenvalue weighted by Crippen LogP contribution is -1.97. The number of hydrogen-bond acceptors (Lipinski definition) is 7. The van der Waals surface area contributed by atoms with Crippen LogP contribution in [0.4, 0.5) is 4.39 Å². The number of pyridine rings is 4. The quantitative estimate of drug-likeness (QED) is 0.317. The van der Waals surface area contributed by atoms with E-state index in [0.29, 0.717) is 22.5 Å². The summed E-state index contributed by atoms with van der Waals surface area (Å²) in [6, 6.07) is 12.9. The molecule has 0 aliphatic carbocycles. The van der Waals surface area contributed by atoms with Crippen LogP contribution in [0.3, 0.4) is 0 Å². The van der Waals surface area contributed by atoms with Crippen LogP contribution < -0.4 is 5.73 Å². The summed E-state index contributed by atoms with van der Waals surface area (Å²) in [5.74, 6) is -0.427. The Kier molecular flexibility index (Phi) is 8.59. The molecular weight excluding hydrogens is 441 g/mol. The molecule has 0 radical (unpaired) electrons. The highest BCUT2D eigenvalue weighted by Gasteiger charge is 2.13. The van der Waals surface area contributed by atoms with E-state index in [0.717, 1.165) is 22.2 Å². The zero-order valence-corrected chi connectivity index (χ0v) is 19.5. The van der Waals surface area contributed by atoms with Crippen molar-refractivity contribution in [2.24, 2.45) is 10.7 Å². The molecule has 4 aromatic rings. The summed E-state index contributed by atoms with van der Waals surface area (Å²) >= 11 is 0. The molecule has 0 spiro atoms. The first-order valence-electron chi connectivity index (χ1n) is 10.7. The van der Waals surface area contributed by atoms with Gasteiger partial charge in [0.15, 0.2) is 0 Å². The smallest absolute Gasteiger partial charge is 0.114 e. The number of hydrogen-bond donors (Lipinski definition) is 1. The van der Waals surface area contributed by atoms with Gasteiger partial charge in [-0.2, -0.15) is 5.26 Å². The Bertz CT molecular complexity index is 1450. The van der Waals surface area contributed by atoms with Gasteiger partial charge < -0.3 is 5.73 Å². The van der Waals surface area contributed by atoms with Gasteiger partial charge in [0.25, 0.3) is 0 Å². The normalized spacial score (nSPS) is 11.4. The highest BCUT2D eigenvalue weighted by Crippen LogP contribution is 2.27. The van der Waals surface area contributed by atoms with Crippen LogP contribution >= 0.6 is 0 Å². The fraction of sp³-hybridized carbons (Fsp3) is 0.111. The number of nitrogens with zero attached hydrogens (tertiary/aromatic N) is 6. The molecule has 0 fully saturated rings. The van der Waals surface area contributed by atoms with Crippen LogP contribution in [0.15, 0.2) is 84.3 Å². The summed E-state index contributed by atoms with van der Waals surface area (Å²) in [7, 11) is 1.50. The van der Waals surface area contributed by atoms with Gasteiger partial charge in [-0.15, -0.1) is 0 Å². The third-order valence-corrected chi connectivity index (χ3v) is 5.00. The second-order valence-corrected chi connectivity index (χ2v) is 7.30. The Morgan fingerprint density at radius 3 is 2.69 bits per heavy atom. The molecule has 35 heavy (non-hydrogen) atoms. The summed E-state index contributed by atoms with van der Waals surface area (Å²) in [4.78, 5) is 20.9. The van der Waals surface area contributed by atoms with Crippen molar-refractivity contribution in [2.75, 3.05) is 7.05 Å². The number of aryl methyl sites for hydroxylation is 1. The molecule has 0 saturated carbocycles. The van der Waals surface area contributed by atoms with Crippen molar-refractivity contribution in [3.05, 3.63) is 102 Å². The number of halogens is 1. The molecule has 0 atom stereocenters. The first kappa shape index (κ1) is 25.0. The molecule has 0 unspecified atom stereocenters. The average molecular weight is 466 g/mol. The highest BCUT2D eigenvalue weighted by molar-refractivity contribution is 5.83. The summed E-state index contributed by atoms with van der Waals surface area (Å²) in [5.41, 5.74) is 9.03. The van der Waals surface area contributed by atoms with Crippen LogP contribution in [0.2, 0.25) is 0 Å². The number of aromatic nitrogens is 4. The lowest BCUT2D eigenvalue weighted by molar-refractivity contribution is 0.616. The monoisotopic (exact) mass is 465 g/mol. The van der Waals surface area contributed by atoms with E-state index < -0.39 is 5.83 Å². The van der Waals surface area contributed by atoms with E-state index in [1.807, 2.05) is 25.1 Å². The molecule has 4 heterocycles. The summed E-state index contributed by atoms with van der Waals surface area (Å²) in [6.07, 6.45) is 9.42. The Hall–Kier alpha value is -4.61. The molecule has 2 N–H and O–H groups in total. The molecule has 0 amide bonds. The standard InChI is InChI=1S/C26H19FN6.CH5N/c1-17-10-20(5-9-30-17)26-21(14-28)11-18(15-33-26)12-23(27)22(6-8-29-2)24-13-19-4-3-7-31-25(19)16-32-24;1-2/h3-11,13,15-16H,2,12H2,1H3;2H2,1H3/b8-6-,23-22-;. The average Bonchev–Trinajstić information content (AvgIpc) is 2.90. The maximum absolute atomic E-state index is 15.5. The first-order chi connectivity index (χ1) is 17.1. The predicted octanol–water partition coefficient (Wildman–Crippen LogP) is 4.98. The molecule has 0 aromatic carbocycles. The van der Waals surface area contributed by atoms with E-state index in [-0.39, 0.29) is 12.0 Å². The van der Waals surface area contributed by atoms with Crippen LogP contribution in [0.1, 0.15) is 22.5 Å². The van der Waals surface area contributed by atoms with Gasteiger partial charge in [0.05, 0.1) is 28.7 Å². The van der Waals surface area contributed by atoms with Crippen LogP contribution in [0, 0.1) is 18.3 Å². The molecule has 4 aromatic heterocycles. The van der Waals surface area contributed by atoms with Crippen molar-refractivity contribution >= 4 is 23.2 Å². The van der Waals surface area contributed by atoms with Crippen molar-refractivity contribution in [2.45, 2.75) is 13.3 Å². The minimum atomic E-state index is -0.427. The van der Waals surface area contributed by atoms with Gasteiger partial charge in [0.1, 0.15) is 11.9 Å². The van der Waals surface area contributed by atoms with E-state index >= 15 is 4.39 Å². The highest BCUT2D eigenvalue weighted by atomic mass is 19.1. The summed E-state index contributed by atoms with van der Waals surface area (Å²) < 4.78 is 15.5. The van der Waals surface area contributed by atoms with Crippen molar-refractivity contribution < 1.29 is 4.39 Å². The summed E-state index contributed by atoms with van der Waals surface area (Å²) in [5, 5.41) is 10.5. The van der Waals surface area contributed by atoms with Crippen molar-refractivity contribution in [3.8, 4) is 17.3 Å². The first-order valence-corrected chi connectivity index (χ1v) is 10.7. The third kappa shape index (κ3) is 6.05. The molecule has 0 aliphatic heterocycles. The molecule has 7 nitrogen and oxygen atoms in total. The lowest BCUT2D eigenvalue weighted by atomic mass is 10.0. The number of nitriles is 1. The van der Waals surface area contributed by atoms with Crippen molar-refractivity contribution in [1.82, 2.24) is 19.9 Å². The van der Waals surface area contributed by atoms with Crippen molar-refractivity contribution in [1.29, 1.82) is 5.26 Å². The Morgan fingerprint density at radius 2 is 1.94 bits per heavy atom. The Balaban J connectivity index is 0.00000167. The Morgan fingerprint density at radius 1 is 1.11 bits per heavy atom. The van der Waals surface area contributed by atoms with Gasteiger partial charge in [0.2, 0.25) is 0 Å². The largest absolute Gasteiger partial charge is 0.333 e. The number of rotatable bonds is 6. The van der Waals surface area contributed by atoms with E-state index in [9.17, 15) is 5.26 Å².